The minimum absolute atomic E-state index is 0.219. The van der Waals surface area contributed by atoms with E-state index >= 15 is 0 Å². The fourth-order valence-electron chi connectivity index (χ4n) is 7.24. The summed E-state index contributed by atoms with van der Waals surface area (Å²) in [5.74, 6) is 0. The van der Waals surface area contributed by atoms with Crippen LogP contribution in [0.15, 0.2) is 90.0 Å². The zero-order valence-corrected chi connectivity index (χ0v) is 31.4. The summed E-state index contributed by atoms with van der Waals surface area (Å²) in [6.07, 6.45) is 35.6. The number of para-hydroxylation sites is 1. The third-order valence-corrected chi connectivity index (χ3v) is 10.4. The lowest BCUT2D eigenvalue weighted by molar-refractivity contribution is 0.556. The maximum atomic E-state index is 5.13. The van der Waals surface area contributed by atoms with Gasteiger partial charge in [0.1, 0.15) is 0 Å². The van der Waals surface area contributed by atoms with Gasteiger partial charge in [0.15, 0.2) is 0 Å². The average molecular weight is 661 g/mol. The van der Waals surface area contributed by atoms with Gasteiger partial charge in [-0.2, -0.15) is 5.10 Å². The first-order valence-electron chi connectivity index (χ1n) is 20.5. The van der Waals surface area contributed by atoms with E-state index in [4.69, 9.17) is 5.10 Å². The molecule has 2 nitrogen and oxygen atoms in total. The van der Waals surface area contributed by atoms with Gasteiger partial charge in [0.25, 0.3) is 0 Å². The Morgan fingerprint density at radius 3 is 1.45 bits per heavy atom. The van der Waals surface area contributed by atoms with Gasteiger partial charge < -0.3 is 0 Å². The van der Waals surface area contributed by atoms with Crippen LogP contribution < -0.4 is 5.01 Å². The highest BCUT2D eigenvalue weighted by atomic mass is 15.5. The first-order valence-corrected chi connectivity index (χ1v) is 20.5. The normalized spacial score (nSPS) is 14.6. The second-order valence-electron chi connectivity index (χ2n) is 14.7. The van der Waals surface area contributed by atoms with Gasteiger partial charge >= 0.3 is 0 Å². The molecule has 1 atom stereocenters. The van der Waals surface area contributed by atoms with Crippen LogP contribution in [0.3, 0.4) is 0 Å². The maximum Gasteiger partial charge on any atom is 0.0831 e. The monoisotopic (exact) mass is 661 g/mol. The number of nitrogens with zero attached hydrogens (tertiary/aromatic N) is 2. The van der Waals surface area contributed by atoms with Crippen molar-refractivity contribution in [2.45, 2.75) is 168 Å². The number of benzene rings is 3. The quantitative estimate of drug-likeness (QED) is 0.0782. The van der Waals surface area contributed by atoms with Gasteiger partial charge in [0.05, 0.1) is 17.4 Å². The molecule has 0 N–H and O–H groups in total. The van der Waals surface area contributed by atoms with Crippen molar-refractivity contribution in [3.63, 3.8) is 0 Å². The molecule has 0 spiro atoms. The molecule has 0 aromatic heterocycles. The summed E-state index contributed by atoms with van der Waals surface area (Å²) in [5, 5.41) is 7.36. The van der Waals surface area contributed by atoms with Crippen LogP contribution >= 0.6 is 0 Å². The summed E-state index contributed by atoms with van der Waals surface area (Å²) in [6.45, 7) is 4.59. The van der Waals surface area contributed by atoms with Gasteiger partial charge in [-0.05, 0) is 66.1 Å². The highest BCUT2D eigenvalue weighted by molar-refractivity contribution is 6.01. The van der Waals surface area contributed by atoms with Gasteiger partial charge in [0, 0.05) is 6.42 Å². The first-order chi connectivity index (χ1) is 24.3. The zero-order chi connectivity index (χ0) is 34.2. The zero-order valence-electron chi connectivity index (χ0n) is 31.4. The van der Waals surface area contributed by atoms with Crippen LogP contribution in [0, 0.1) is 0 Å². The van der Waals surface area contributed by atoms with Gasteiger partial charge in [-0.25, -0.2) is 0 Å². The van der Waals surface area contributed by atoms with Crippen LogP contribution in [0.5, 0.6) is 0 Å². The van der Waals surface area contributed by atoms with E-state index in [2.05, 4.69) is 110 Å². The van der Waals surface area contributed by atoms with Gasteiger partial charge in [-0.15, -0.1) is 0 Å². The minimum Gasteiger partial charge on any atom is -0.257 e. The van der Waals surface area contributed by atoms with Gasteiger partial charge in [0.2, 0.25) is 0 Å². The molecule has 0 bridgehead atoms. The largest absolute Gasteiger partial charge is 0.257 e. The smallest absolute Gasteiger partial charge is 0.0831 e. The Labute approximate surface area is 301 Å². The number of unbranched alkanes of at least 4 members (excludes halogenated alkanes) is 18. The second-order valence-corrected chi connectivity index (χ2v) is 14.7. The lowest BCUT2D eigenvalue weighted by atomic mass is 9.97. The minimum atomic E-state index is 0.219. The molecule has 266 valence electrons. The van der Waals surface area contributed by atoms with E-state index in [9.17, 15) is 0 Å². The molecule has 1 unspecified atom stereocenters. The van der Waals surface area contributed by atoms with Crippen molar-refractivity contribution < 1.29 is 0 Å². The first kappa shape index (κ1) is 38.7. The lowest BCUT2D eigenvalue weighted by Gasteiger charge is -2.24. The summed E-state index contributed by atoms with van der Waals surface area (Å²) in [5.41, 5.74) is 7.81. The van der Waals surface area contributed by atoms with E-state index in [-0.39, 0.29) is 6.04 Å². The van der Waals surface area contributed by atoms with Crippen LogP contribution in [0.4, 0.5) is 5.69 Å². The van der Waals surface area contributed by atoms with E-state index in [1.807, 2.05) is 0 Å². The summed E-state index contributed by atoms with van der Waals surface area (Å²) in [7, 11) is 0. The van der Waals surface area contributed by atoms with Crippen molar-refractivity contribution in [2.24, 2.45) is 5.10 Å². The molecule has 49 heavy (non-hydrogen) atoms. The highest BCUT2D eigenvalue weighted by Crippen LogP contribution is 2.35. The van der Waals surface area contributed by atoms with Crippen molar-refractivity contribution in [3.05, 3.63) is 107 Å². The van der Waals surface area contributed by atoms with Crippen molar-refractivity contribution in [1.82, 2.24) is 0 Å². The molecule has 0 saturated heterocycles. The van der Waals surface area contributed by atoms with E-state index in [0.717, 1.165) is 17.8 Å². The second kappa shape index (κ2) is 24.1. The predicted molar refractivity (Wildman–Crippen MR) is 217 cm³/mol. The summed E-state index contributed by atoms with van der Waals surface area (Å²) >= 11 is 0. The molecule has 0 aliphatic carbocycles. The van der Waals surface area contributed by atoms with Crippen LogP contribution in [0.25, 0.3) is 6.08 Å². The molecular weight excluding hydrogens is 593 g/mol. The van der Waals surface area contributed by atoms with E-state index in [0.29, 0.717) is 0 Å². The molecule has 4 rings (SSSR count). The number of hydrogen-bond acceptors (Lipinski definition) is 2. The van der Waals surface area contributed by atoms with Crippen LogP contribution in [0.2, 0.25) is 0 Å². The topological polar surface area (TPSA) is 15.6 Å². The molecule has 1 heterocycles. The lowest BCUT2D eigenvalue weighted by Crippen LogP contribution is -2.18. The molecule has 3 aromatic carbocycles. The highest BCUT2D eigenvalue weighted by Gasteiger charge is 2.28. The Balaban J connectivity index is 1.21. The standard InChI is InChI=1S/C47H68N2/c1-3-5-7-9-11-13-15-17-19-22-26-41-30-32-43(33-31-41)36-39-45-40-47(49(48-45)46-28-24-21-25-29-46)44-37-34-42(35-38-44)27-23-20-18-16-14-12-10-8-6-4-2/h21,24-25,28-39,47H,3-20,22-23,26-27,40H2,1-2H3. The summed E-state index contributed by atoms with van der Waals surface area (Å²) in [6, 6.07) is 29.5. The Hall–Kier alpha value is -3.13. The number of aryl methyl sites for hydroxylation is 2. The number of rotatable bonds is 26. The number of allylic oxidation sites excluding steroid dienone is 1. The maximum absolute atomic E-state index is 5.13. The van der Waals surface area contributed by atoms with Gasteiger partial charge in [-0.1, -0.05) is 202 Å². The van der Waals surface area contributed by atoms with E-state index in [1.165, 1.54) is 164 Å². The molecule has 0 fully saturated rings. The molecule has 2 heteroatoms. The molecule has 0 radical (unpaired) electrons. The van der Waals surface area contributed by atoms with Crippen LogP contribution in [-0.2, 0) is 12.8 Å². The fraction of sp³-hybridized carbons (Fsp3) is 0.553. The summed E-state index contributed by atoms with van der Waals surface area (Å²) < 4.78 is 0. The number of hydrazone groups is 1. The fourth-order valence-corrected chi connectivity index (χ4v) is 7.24. The molecule has 1 aliphatic rings. The van der Waals surface area contributed by atoms with Crippen molar-refractivity contribution in [2.75, 3.05) is 5.01 Å². The number of anilines is 1. The molecule has 1 aliphatic heterocycles. The van der Waals surface area contributed by atoms with Crippen molar-refractivity contribution >= 4 is 17.5 Å². The molecule has 3 aromatic rings. The number of hydrogen-bond donors (Lipinski definition) is 0. The Morgan fingerprint density at radius 1 is 0.510 bits per heavy atom. The van der Waals surface area contributed by atoms with Crippen molar-refractivity contribution in [3.8, 4) is 0 Å². The SMILES string of the molecule is CCCCCCCCCCCCc1ccc(C=CC2=NN(c3ccccc3)C(c3ccc(CCCCCCCCCCCC)cc3)C2)cc1. The third-order valence-electron chi connectivity index (χ3n) is 10.4. The van der Waals surface area contributed by atoms with E-state index < -0.39 is 0 Å². The van der Waals surface area contributed by atoms with Crippen LogP contribution in [-0.4, -0.2) is 5.71 Å². The molecule has 0 amide bonds. The average Bonchev–Trinajstić information content (AvgIpc) is 3.58. The molecular formula is C47H68N2. The van der Waals surface area contributed by atoms with Crippen molar-refractivity contribution in [1.29, 1.82) is 0 Å². The van der Waals surface area contributed by atoms with Gasteiger partial charge in [-0.3, -0.25) is 5.01 Å². The third kappa shape index (κ3) is 15.1. The molecule has 0 saturated carbocycles. The Morgan fingerprint density at radius 2 is 0.959 bits per heavy atom. The van der Waals surface area contributed by atoms with Crippen LogP contribution in [0.1, 0.15) is 177 Å². The Bertz CT molecular complexity index is 1300. The van der Waals surface area contributed by atoms with E-state index in [1.54, 1.807) is 0 Å². The Kier molecular flexibility index (Phi) is 19.0. The summed E-state index contributed by atoms with van der Waals surface area (Å²) in [4.78, 5) is 0. The predicted octanol–water partition coefficient (Wildman–Crippen LogP) is 14.6.